The topological polar surface area (TPSA) is 64.7 Å². The number of alkyl halides is 3. The van der Waals surface area contributed by atoms with E-state index in [-0.39, 0.29) is 11.6 Å². The number of nitrogens with zero attached hydrogens (tertiary/aromatic N) is 4. The first-order chi connectivity index (χ1) is 15.0. The highest BCUT2D eigenvalue weighted by molar-refractivity contribution is 6.42. The van der Waals surface area contributed by atoms with E-state index in [1.807, 2.05) is 0 Å². The summed E-state index contributed by atoms with van der Waals surface area (Å²) in [6.07, 6.45) is -0.238. The van der Waals surface area contributed by atoms with E-state index < -0.39 is 28.8 Å². The zero-order valence-electron chi connectivity index (χ0n) is 16.6. The first-order valence-electron chi connectivity index (χ1n) is 9.67. The van der Waals surface area contributed by atoms with Gasteiger partial charge in [0.2, 0.25) is 5.91 Å². The van der Waals surface area contributed by atoms with Crippen LogP contribution in [0.2, 0.25) is 15.1 Å². The third-order valence-corrected chi connectivity index (χ3v) is 6.21. The Kier molecular flexibility index (Phi) is 6.17. The molecule has 6 nitrogen and oxygen atoms in total. The summed E-state index contributed by atoms with van der Waals surface area (Å²) in [6, 6.07) is 4.19. The second-order valence-corrected chi connectivity index (χ2v) is 8.80. The smallest absolute Gasteiger partial charge is 0.322 e. The Bertz CT molecular complexity index is 1170. The summed E-state index contributed by atoms with van der Waals surface area (Å²) in [5.41, 5.74) is 0.324. The van der Waals surface area contributed by atoms with Crippen molar-refractivity contribution in [1.29, 1.82) is 0 Å². The van der Waals surface area contributed by atoms with Gasteiger partial charge >= 0.3 is 6.18 Å². The third kappa shape index (κ3) is 4.74. The van der Waals surface area contributed by atoms with Crippen LogP contribution in [0.5, 0.6) is 0 Å². The Morgan fingerprint density at radius 1 is 1.25 bits per heavy atom. The van der Waals surface area contributed by atoms with Crippen LogP contribution in [0.4, 0.5) is 18.9 Å². The van der Waals surface area contributed by atoms with E-state index in [0.717, 1.165) is 10.2 Å². The van der Waals surface area contributed by atoms with E-state index in [1.54, 1.807) is 29.1 Å². The molecule has 1 fully saturated rings. The van der Waals surface area contributed by atoms with Crippen molar-refractivity contribution in [1.82, 2.24) is 19.6 Å². The van der Waals surface area contributed by atoms with Crippen molar-refractivity contribution in [2.24, 2.45) is 0 Å². The van der Waals surface area contributed by atoms with Crippen LogP contribution in [0, 0.1) is 0 Å². The van der Waals surface area contributed by atoms with E-state index in [1.165, 1.54) is 13.1 Å². The second-order valence-electron chi connectivity index (χ2n) is 7.60. The molecule has 32 heavy (non-hydrogen) atoms. The molecule has 0 spiro atoms. The van der Waals surface area contributed by atoms with Crippen LogP contribution in [0.1, 0.15) is 48.7 Å². The molecule has 2 aromatic heterocycles. The van der Waals surface area contributed by atoms with Gasteiger partial charge in [0.1, 0.15) is 6.04 Å². The van der Waals surface area contributed by atoms with Crippen molar-refractivity contribution in [2.75, 3.05) is 5.32 Å². The normalized spacial score (nSPS) is 15.1. The standard InChI is InChI=1S/C20H17Cl3F3N5O/c1-10(31-17(12-3-4-12)16(23)18(29-31)20(24,25)26)19(32)28-13-7-27-30(9-13)8-11-2-5-14(21)15(22)6-11/h2,5-7,9-10,12H,3-4,8H2,1H3,(H,28,32). The lowest BCUT2D eigenvalue weighted by Gasteiger charge is -2.15. The Balaban J connectivity index is 1.49. The van der Waals surface area contributed by atoms with Crippen LogP contribution >= 0.6 is 34.8 Å². The lowest BCUT2D eigenvalue weighted by molar-refractivity contribution is -0.141. The monoisotopic (exact) mass is 505 g/mol. The number of hydrogen-bond donors (Lipinski definition) is 1. The molecule has 1 amide bonds. The summed E-state index contributed by atoms with van der Waals surface area (Å²) in [4.78, 5) is 12.8. The maximum Gasteiger partial charge on any atom is 0.436 e. The number of anilines is 1. The average Bonchev–Trinajstić information content (AvgIpc) is 3.35. The zero-order valence-corrected chi connectivity index (χ0v) is 18.9. The van der Waals surface area contributed by atoms with Crippen LogP contribution in [0.25, 0.3) is 0 Å². The van der Waals surface area contributed by atoms with Crippen molar-refractivity contribution in [3.8, 4) is 0 Å². The summed E-state index contributed by atoms with van der Waals surface area (Å²) < 4.78 is 42.5. The van der Waals surface area contributed by atoms with E-state index in [4.69, 9.17) is 34.8 Å². The molecule has 170 valence electrons. The van der Waals surface area contributed by atoms with Gasteiger partial charge in [-0.3, -0.25) is 14.2 Å². The average molecular weight is 507 g/mol. The quantitative estimate of drug-likeness (QED) is 0.434. The van der Waals surface area contributed by atoms with Crippen molar-refractivity contribution in [3.63, 3.8) is 0 Å². The van der Waals surface area contributed by atoms with Crippen LogP contribution in [0.15, 0.2) is 30.6 Å². The SMILES string of the molecule is CC(C(=O)Nc1cnn(Cc2ccc(Cl)c(Cl)c2)c1)n1nc(C(F)(F)F)c(Cl)c1C1CC1. The Morgan fingerprint density at radius 2 is 1.97 bits per heavy atom. The zero-order chi connectivity index (χ0) is 23.2. The summed E-state index contributed by atoms with van der Waals surface area (Å²) in [5.74, 6) is -0.663. The van der Waals surface area contributed by atoms with Crippen LogP contribution < -0.4 is 5.32 Å². The van der Waals surface area contributed by atoms with Crippen molar-refractivity contribution in [2.45, 2.75) is 44.4 Å². The summed E-state index contributed by atoms with van der Waals surface area (Å²) in [6.45, 7) is 1.86. The molecule has 1 aliphatic rings. The fraction of sp³-hybridized carbons (Fsp3) is 0.350. The van der Waals surface area contributed by atoms with Gasteiger partial charge in [-0.2, -0.15) is 23.4 Å². The number of aromatic nitrogens is 4. The summed E-state index contributed by atoms with van der Waals surface area (Å²) in [5, 5.41) is 10.9. The molecule has 2 heterocycles. The third-order valence-electron chi connectivity index (χ3n) is 5.10. The van der Waals surface area contributed by atoms with Gasteiger partial charge in [-0.05, 0) is 37.5 Å². The molecular weight excluding hydrogens is 490 g/mol. The van der Waals surface area contributed by atoms with E-state index in [9.17, 15) is 18.0 Å². The maximum absolute atomic E-state index is 13.3. The molecule has 1 unspecified atom stereocenters. The Morgan fingerprint density at radius 3 is 2.59 bits per heavy atom. The van der Waals surface area contributed by atoms with Gasteiger partial charge in [0, 0.05) is 12.1 Å². The molecule has 1 N–H and O–H groups in total. The molecule has 0 radical (unpaired) electrons. The van der Waals surface area contributed by atoms with Crippen LogP contribution in [0.3, 0.4) is 0 Å². The molecule has 3 aromatic rings. The van der Waals surface area contributed by atoms with Gasteiger partial charge < -0.3 is 5.32 Å². The first-order valence-corrected chi connectivity index (χ1v) is 10.8. The van der Waals surface area contributed by atoms with Gasteiger partial charge in [0.15, 0.2) is 5.69 Å². The van der Waals surface area contributed by atoms with Crippen molar-refractivity contribution in [3.05, 3.63) is 62.6 Å². The number of benzene rings is 1. The molecule has 0 aliphatic heterocycles. The highest BCUT2D eigenvalue weighted by atomic mass is 35.5. The lowest BCUT2D eigenvalue weighted by Crippen LogP contribution is -2.26. The van der Waals surface area contributed by atoms with Gasteiger partial charge in [0.05, 0.1) is 39.2 Å². The first kappa shape index (κ1) is 22.9. The number of amides is 1. The minimum Gasteiger partial charge on any atom is -0.322 e. The highest BCUT2D eigenvalue weighted by Crippen LogP contribution is 2.47. The number of halogens is 6. The summed E-state index contributed by atoms with van der Waals surface area (Å²) in [7, 11) is 0. The number of nitrogens with one attached hydrogen (secondary N) is 1. The number of rotatable bonds is 6. The molecular formula is C20H17Cl3F3N5O. The summed E-state index contributed by atoms with van der Waals surface area (Å²) >= 11 is 17.9. The van der Waals surface area contributed by atoms with Crippen molar-refractivity contribution < 1.29 is 18.0 Å². The Labute approximate surface area is 196 Å². The van der Waals surface area contributed by atoms with Gasteiger partial charge in [-0.1, -0.05) is 40.9 Å². The fourth-order valence-electron chi connectivity index (χ4n) is 3.32. The lowest BCUT2D eigenvalue weighted by atomic mass is 10.2. The molecule has 1 aromatic carbocycles. The minimum atomic E-state index is -4.70. The fourth-order valence-corrected chi connectivity index (χ4v) is 4.03. The molecule has 1 aliphatic carbocycles. The highest BCUT2D eigenvalue weighted by Gasteiger charge is 2.43. The van der Waals surface area contributed by atoms with Gasteiger partial charge in [-0.25, -0.2) is 0 Å². The number of carbonyl (C=O) groups excluding carboxylic acids is 1. The molecule has 0 saturated heterocycles. The number of carbonyl (C=O) groups is 1. The van der Waals surface area contributed by atoms with E-state index in [0.29, 0.717) is 35.1 Å². The van der Waals surface area contributed by atoms with Crippen LogP contribution in [-0.4, -0.2) is 25.5 Å². The maximum atomic E-state index is 13.3. The van der Waals surface area contributed by atoms with E-state index in [2.05, 4.69) is 15.5 Å². The predicted octanol–water partition coefficient (Wildman–Crippen LogP) is 6.18. The van der Waals surface area contributed by atoms with E-state index >= 15 is 0 Å². The largest absolute Gasteiger partial charge is 0.436 e. The van der Waals surface area contributed by atoms with Gasteiger partial charge in [-0.15, -0.1) is 0 Å². The molecule has 0 bridgehead atoms. The molecule has 1 atom stereocenters. The molecule has 4 rings (SSSR count). The molecule has 1 saturated carbocycles. The second kappa shape index (κ2) is 8.61. The van der Waals surface area contributed by atoms with Crippen LogP contribution in [-0.2, 0) is 17.5 Å². The van der Waals surface area contributed by atoms with Crippen molar-refractivity contribution >= 4 is 46.4 Å². The Hall–Kier alpha value is -2.23. The molecule has 12 heteroatoms. The predicted molar refractivity (Wildman–Crippen MR) is 115 cm³/mol. The van der Waals surface area contributed by atoms with Gasteiger partial charge in [0.25, 0.3) is 0 Å². The number of hydrogen-bond acceptors (Lipinski definition) is 3. The minimum absolute atomic E-state index is 0.129.